The largest absolute Gasteiger partial charge is 0.376 e. The van der Waals surface area contributed by atoms with Crippen LogP contribution in [-0.4, -0.2) is 30.9 Å². The summed E-state index contributed by atoms with van der Waals surface area (Å²) >= 11 is 1.68. The van der Waals surface area contributed by atoms with Crippen LogP contribution in [0.1, 0.15) is 37.7 Å². The van der Waals surface area contributed by atoms with Crippen LogP contribution in [0.5, 0.6) is 0 Å². The molecule has 5 rings (SSSR count). The van der Waals surface area contributed by atoms with Gasteiger partial charge in [-0.3, -0.25) is 4.79 Å². The third-order valence-corrected chi connectivity index (χ3v) is 7.81. The number of nitrogens with one attached hydrogen (secondary N) is 1. The Labute approximate surface area is 155 Å². The molecule has 0 aromatic heterocycles. The fourth-order valence-electron chi connectivity index (χ4n) is 5.80. The Morgan fingerprint density at radius 2 is 1.76 bits per heavy atom. The number of carbonyl (C=O) groups excluding carboxylic acids is 1. The van der Waals surface area contributed by atoms with Gasteiger partial charge in [-0.05, 0) is 61.3 Å². The molecule has 4 heteroatoms. The summed E-state index contributed by atoms with van der Waals surface area (Å²) in [5.74, 6) is 4.68. The van der Waals surface area contributed by atoms with Gasteiger partial charge in [-0.2, -0.15) is 0 Å². The predicted octanol–water partition coefficient (Wildman–Crippen LogP) is 3.88. The molecule has 136 valence electrons. The molecule has 25 heavy (non-hydrogen) atoms. The summed E-state index contributed by atoms with van der Waals surface area (Å²) in [5, 5.41) is 3.20. The summed E-state index contributed by atoms with van der Waals surface area (Å²) in [5.41, 5.74) is 1.17. The van der Waals surface area contributed by atoms with E-state index in [9.17, 15) is 4.79 Å². The summed E-state index contributed by atoms with van der Waals surface area (Å²) in [6.07, 6.45) is 6.66. The fourth-order valence-corrected chi connectivity index (χ4v) is 6.62. The lowest BCUT2D eigenvalue weighted by Crippen LogP contribution is -2.63. The molecule has 4 fully saturated rings. The smallest absolute Gasteiger partial charge is 0.230 e. The molecule has 0 radical (unpaired) electrons. The van der Waals surface area contributed by atoms with E-state index in [2.05, 4.69) is 17.4 Å². The molecule has 4 saturated carbocycles. The number of rotatable bonds is 7. The molecule has 0 atom stereocenters. The van der Waals surface area contributed by atoms with Gasteiger partial charge in [-0.25, -0.2) is 0 Å². The Balaban J connectivity index is 1.28. The second-order valence-corrected chi connectivity index (χ2v) is 9.20. The quantitative estimate of drug-likeness (QED) is 0.803. The number of carbonyl (C=O) groups is 1. The minimum atomic E-state index is -0.104. The normalized spacial score (nSPS) is 35.7. The SMILES string of the molecule is COC1(CNC(=O)CSCc2ccccc2)C2CC3CC(C2)CC1C3. The topological polar surface area (TPSA) is 38.3 Å². The van der Waals surface area contributed by atoms with E-state index < -0.39 is 0 Å². The highest BCUT2D eigenvalue weighted by Crippen LogP contribution is 2.59. The van der Waals surface area contributed by atoms with Crippen LogP contribution in [0.15, 0.2) is 30.3 Å². The fraction of sp³-hybridized carbons (Fsp3) is 0.667. The second-order valence-electron chi connectivity index (χ2n) is 8.22. The highest BCUT2D eigenvalue weighted by atomic mass is 32.2. The first-order valence-electron chi connectivity index (χ1n) is 9.63. The van der Waals surface area contributed by atoms with Crippen molar-refractivity contribution in [2.75, 3.05) is 19.4 Å². The van der Waals surface area contributed by atoms with Gasteiger partial charge in [0.05, 0.1) is 11.4 Å². The Hall–Kier alpha value is -1.00. The van der Waals surface area contributed by atoms with Crippen molar-refractivity contribution < 1.29 is 9.53 Å². The lowest BCUT2D eigenvalue weighted by molar-refractivity contribution is -0.188. The number of methoxy groups -OCH3 is 1. The van der Waals surface area contributed by atoms with Crippen molar-refractivity contribution in [1.29, 1.82) is 0 Å². The first-order valence-corrected chi connectivity index (χ1v) is 10.8. The van der Waals surface area contributed by atoms with Crippen molar-refractivity contribution in [2.24, 2.45) is 23.7 Å². The van der Waals surface area contributed by atoms with Gasteiger partial charge in [0.25, 0.3) is 0 Å². The van der Waals surface area contributed by atoms with Crippen molar-refractivity contribution in [2.45, 2.75) is 43.5 Å². The molecule has 0 spiro atoms. The lowest BCUT2D eigenvalue weighted by Gasteiger charge is -2.60. The van der Waals surface area contributed by atoms with Crippen molar-refractivity contribution in [3.8, 4) is 0 Å². The first-order chi connectivity index (χ1) is 12.2. The number of amides is 1. The van der Waals surface area contributed by atoms with Gasteiger partial charge in [0.2, 0.25) is 5.91 Å². The second kappa shape index (κ2) is 7.32. The minimum absolute atomic E-state index is 0.104. The van der Waals surface area contributed by atoms with Crippen LogP contribution in [0.4, 0.5) is 0 Å². The molecule has 4 bridgehead atoms. The molecule has 1 N–H and O–H groups in total. The van der Waals surface area contributed by atoms with Gasteiger partial charge in [0.1, 0.15) is 0 Å². The molecule has 4 aliphatic carbocycles. The molecule has 1 aromatic rings. The van der Waals surface area contributed by atoms with Gasteiger partial charge in [0, 0.05) is 19.4 Å². The van der Waals surface area contributed by atoms with Gasteiger partial charge in [0.15, 0.2) is 0 Å². The molecule has 4 aliphatic rings. The maximum absolute atomic E-state index is 12.3. The maximum Gasteiger partial charge on any atom is 0.230 e. The third-order valence-electron chi connectivity index (χ3n) is 6.81. The summed E-state index contributed by atoms with van der Waals surface area (Å²) in [4.78, 5) is 12.3. The van der Waals surface area contributed by atoms with Crippen LogP contribution in [0.25, 0.3) is 0 Å². The molecular weight excluding hydrogens is 330 g/mol. The Bertz CT molecular complexity index is 575. The number of thioether (sulfide) groups is 1. The molecule has 0 heterocycles. The zero-order valence-corrected chi connectivity index (χ0v) is 15.9. The van der Waals surface area contributed by atoms with E-state index in [0.29, 0.717) is 24.1 Å². The van der Waals surface area contributed by atoms with Crippen molar-refractivity contribution in [3.05, 3.63) is 35.9 Å². The molecule has 1 amide bonds. The monoisotopic (exact) mass is 359 g/mol. The van der Waals surface area contributed by atoms with E-state index >= 15 is 0 Å². The van der Waals surface area contributed by atoms with Gasteiger partial charge >= 0.3 is 0 Å². The van der Waals surface area contributed by atoms with E-state index in [1.54, 1.807) is 11.8 Å². The number of hydrogen-bond acceptors (Lipinski definition) is 3. The van der Waals surface area contributed by atoms with E-state index in [4.69, 9.17) is 4.74 Å². The van der Waals surface area contributed by atoms with Gasteiger partial charge in [-0.15, -0.1) is 11.8 Å². The Morgan fingerprint density at radius 3 is 2.36 bits per heavy atom. The summed E-state index contributed by atoms with van der Waals surface area (Å²) < 4.78 is 6.12. The van der Waals surface area contributed by atoms with E-state index in [1.807, 2.05) is 25.3 Å². The highest BCUT2D eigenvalue weighted by Gasteiger charge is 2.57. The average Bonchev–Trinajstić information content (AvgIpc) is 2.62. The zero-order chi connectivity index (χ0) is 17.3. The third kappa shape index (κ3) is 3.48. The van der Waals surface area contributed by atoms with E-state index in [1.165, 1.54) is 37.7 Å². The number of hydrogen-bond donors (Lipinski definition) is 1. The van der Waals surface area contributed by atoms with Crippen LogP contribution >= 0.6 is 11.8 Å². The van der Waals surface area contributed by atoms with Crippen LogP contribution in [0.3, 0.4) is 0 Å². The van der Waals surface area contributed by atoms with Crippen LogP contribution in [0.2, 0.25) is 0 Å². The van der Waals surface area contributed by atoms with Crippen LogP contribution < -0.4 is 5.32 Å². The van der Waals surface area contributed by atoms with Crippen LogP contribution in [0, 0.1) is 23.7 Å². The Kier molecular flexibility index (Phi) is 5.10. The summed E-state index contributed by atoms with van der Waals surface area (Å²) in [7, 11) is 1.86. The molecule has 1 aromatic carbocycles. The lowest BCUT2D eigenvalue weighted by atomic mass is 9.49. The van der Waals surface area contributed by atoms with Crippen molar-refractivity contribution in [1.82, 2.24) is 5.32 Å². The summed E-state index contributed by atoms with van der Waals surface area (Å²) in [6, 6.07) is 10.3. The van der Waals surface area contributed by atoms with E-state index in [-0.39, 0.29) is 11.5 Å². The summed E-state index contributed by atoms with van der Waals surface area (Å²) in [6.45, 7) is 0.697. The van der Waals surface area contributed by atoms with Crippen molar-refractivity contribution in [3.63, 3.8) is 0 Å². The highest BCUT2D eigenvalue weighted by molar-refractivity contribution is 7.99. The average molecular weight is 360 g/mol. The number of ether oxygens (including phenoxy) is 1. The minimum Gasteiger partial charge on any atom is -0.376 e. The molecule has 0 aliphatic heterocycles. The zero-order valence-electron chi connectivity index (χ0n) is 15.1. The van der Waals surface area contributed by atoms with Crippen molar-refractivity contribution >= 4 is 17.7 Å². The molecule has 0 unspecified atom stereocenters. The number of benzene rings is 1. The molecular formula is C21H29NO2S. The Morgan fingerprint density at radius 1 is 1.12 bits per heavy atom. The first kappa shape index (κ1) is 17.4. The standard InChI is InChI=1S/C21H29NO2S/c1-24-21(18-8-16-7-17(10-18)11-19(21)9-16)14-22-20(23)13-25-12-15-5-3-2-4-6-15/h2-6,16-19H,7-14H2,1H3,(H,22,23). The predicted molar refractivity (Wildman–Crippen MR) is 102 cm³/mol. The van der Waals surface area contributed by atoms with E-state index in [0.717, 1.165) is 17.6 Å². The van der Waals surface area contributed by atoms with Crippen LogP contribution in [-0.2, 0) is 15.3 Å². The maximum atomic E-state index is 12.3. The van der Waals surface area contributed by atoms with Gasteiger partial charge < -0.3 is 10.1 Å². The molecule has 0 saturated heterocycles. The van der Waals surface area contributed by atoms with Gasteiger partial charge in [-0.1, -0.05) is 30.3 Å². The molecule has 3 nitrogen and oxygen atoms in total.